The Kier molecular flexibility index (Phi) is 3.98. The monoisotopic (exact) mass is 277 g/mol. The number of benzene rings is 2. The summed E-state index contributed by atoms with van der Waals surface area (Å²) in [5.41, 5.74) is 7.52. The average Bonchev–Trinajstić information content (AvgIpc) is 2.40. The van der Waals surface area contributed by atoms with Crippen molar-refractivity contribution in [1.29, 1.82) is 0 Å². The van der Waals surface area contributed by atoms with Gasteiger partial charge >= 0.3 is 6.61 Å². The summed E-state index contributed by atoms with van der Waals surface area (Å²) in [5, 5.41) is 0. The van der Waals surface area contributed by atoms with E-state index < -0.39 is 12.5 Å². The van der Waals surface area contributed by atoms with Gasteiger partial charge in [-0.25, -0.2) is 0 Å². The normalized spacial score (nSPS) is 10.6. The van der Waals surface area contributed by atoms with Gasteiger partial charge in [0.1, 0.15) is 5.75 Å². The maximum atomic E-state index is 12.4. The standard InChI is InChI=1S/C15H13F2NO2/c1-9-5-6-13(20-15(16)17)12(7-9)10-3-2-4-11(8-10)14(18)19/h2-8,15H,1H3,(H2,18,19). The molecule has 0 heterocycles. The molecule has 0 saturated heterocycles. The van der Waals surface area contributed by atoms with Crippen molar-refractivity contribution in [1.82, 2.24) is 0 Å². The molecule has 0 unspecified atom stereocenters. The van der Waals surface area contributed by atoms with Crippen LogP contribution in [-0.2, 0) is 0 Å². The first kappa shape index (κ1) is 14.0. The van der Waals surface area contributed by atoms with Crippen molar-refractivity contribution in [2.75, 3.05) is 0 Å². The van der Waals surface area contributed by atoms with Crippen LogP contribution in [0, 0.1) is 6.92 Å². The third kappa shape index (κ3) is 3.12. The van der Waals surface area contributed by atoms with Crippen LogP contribution in [0.5, 0.6) is 5.75 Å². The van der Waals surface area contributed by atoms with Crippen LogP contribution in [0.3, 0.4) is 0 Å². The van der Waals surface area contributed by atoms with Gasteiger partial charge in [0, 0.05) is 11.1 Å². The van der Waals surface area contributed by atoms with Gasteiger partial charge in [0.2, 0.25) is 5.91 Å². The summed E-state index contributed by atoms with van der Waals surface area (Å²) in [6.45, 7) is -1.07. The second-order valence-electron chi connectivity index (χ2n) is 4.32. The lowest BCUT2D eigenvalue weighted by molar-refractivity contribution is -0.0494. The largest absolute Gasteiger partial charge is 0.434 e. The Labute approximate surface area is 115 Å². The zero-order valence-electron chi connectivity index (χ0n) is 10.8. The molecule has 104 valence electrons. The molecule has 0 aliphatic heterocycles. The van der Waals surface area contributed by atoms with Gasteiger partial charge in [0.15, 0.2) is 0 Å². The summed E-state index contributed by atoms with van der Waals surface area (Å²) in [7, 11) is 0. The van der Waals surface area contributed by atoms with E-state index in [2.05, 4.69) is 4.74 Å². The van der Waals surface area contributed by atoms with Gasteiger partial charge in [0.25, 0.3) is 0 Å². The maximum absolute atomic E-state index is 12.4. The lowest BCUT2D eigenvalue weighted by atomic mass is 10.00. The van der Waals surface area contributed by atoms with E-state index in [1.54, 1.807) is 36.4 Å². The van der Waals surface area contributed by atoms with Crippen LogP contribution in [0.25, 0.3) is 11.1 Å². The highest BCUT2D eigenvalue weighted by Crippen LogP contribution is 2.32. The first-order valence-corrected chi connectivity index (χ1v) is 5.93. The van der Waals surface area contributed by atoms with Crippen molar-refractivity contribution in [2.45, 2.75) is 13.5 Å². The molecule has 0 spiro atoms. The van der Waals surface area contributed by atoms with Crippen LogP contribution in [0.4, 0.5) is 8.78 Å². The molecule has 0 fully saturated rings. The molecule has 0 atom stereocenters. The molecule has 20 heavy (non-hydrogen) atoms. The number of hydrogen-bond acceptors (Lipinski definition) is 2. The van der Waals surface area contributed by atoms with Crippen LogP contribution in [0.2, 0.25) is 0 Å². The SMILES string of the molecule is Cc1ccc(OC(F)F)c(-c2cccc(C(N)=O)c2)c1. The number of carbonyl (C=O) groups excluding carboxylic acids is 1. The fraction of sp³-hybridized carbons (Fsp3) is 0.133. The molecule has 3 nitrogen and oxygen atoms in total. The van der Waals surface area contributed by atoms with Crippen molar-refractivity contribution < 1.29 is 18.3 Å². The van der Waals surface area contributed by atoms with Crippen molar-refractivity contribution in [3.8, 4) is 16.9 Å². The second-order valence-corrected chi connectivity index (χ2v) is 4.32. The Morgan fingerprint density at radius 2 is 1.95 bits per heavy atom. The van der Waals surface area contributed by atoms with Crippen LogP contribution in [-0.4, -0.2) is 12.5 Å². The molecular formula is C15H13F2NO2. The fourth-order valence-electron chi connectivity index (χ4n) is 1.91. The highest BCUT2D eigenvalue weighted by Gasteiger charge is 2.12. The van der Waals surface area contributed by atoms with Gasteiger partial charge in [-0.1, -0.05) is 23.8 Å². The van der Waals surface area contributed by atoms with E-state index in [1.807, 2.05) is 6.92 Å². The van der Waals surface area contributed by atoms with Crippen molar-refractivity contribution in [2.24, 2.45) is 5.73 Å². The number of alkyl halides is 2. The molecule has 0 bridgehead atoms. The molecule has 0 saturated carbocycles. The molecule has 2 rings (SSSR count). The number of rotatable bonds is 4. The molecule has 2 N–H and O–H groups in total. The van der Waals surface area contributed by atoms with Gasteiger partial charge in [-0.15, -0.1) is 0 Å². The first-order valence-electron chi connectivity index (χ1n) is 5.93. The first-order chi connectivity index (χ1) is 9.47. The van der Waals surface area contributed by atoms with E-state index in [4.69, 9.17) is 5.73 Å². The minimum Gasteiger partial charge on any atom is -0.434 e. The zero-order valence-corrected chi connectivity index (χ0v) is 10.8. The quantitative estimate of drug-likeness (QED) is 0.931. The summed E-state index contributed by atoms with van der Waals surface area (Å²) in [6, 6.07) is 11.3. The van der Waals surface area contributed by atoms with E-state index in [1.165, 1.54) is 6.07 Å². The minimum atomic E-state index is -2.91. The van der Waals surface area contributed by atoms with E-state index in [9.17, 15) is 13.6 Å². The predicted molar refractivity (Wildman–Crippen MR) is 71.8 cm³/mol. The Bertz CT molecular complexity index is 642. The van der Waals surface area contributed by atoms with Crippen LogP contribution in [0.15, 0.2) is 42.5 Å². The van der Waals surface area contributed by atoms with Gasteiger partial charge in [-0.3, -0.25) is 4.79 Å². The molecule has 2 aromatic rings. The number of halogens is 2. The fourth-order valence-corrected chi connectivity index (χ4v) is 1.91. The number of aryl methyl sites for hydroxylation is 1. The van der Waals surface area contributed by atoms with Gasteiger partial charge in [0.05, 0.1) is 0 Å². The Hall–Kier alpha value is -2.43. The summed E-state index contributed by atoms with van der Waals surface area (Å²) in [6.07, 6.45) is 0. The number of nitrogens with two attached hydrogens (primary N) is 1. The molecular weight excluding hydrogens is 264 g/mol. The molecule has 0 aliphatic rings. The summed E-state index contributed by atoms with van der Waals surface area (Å²) in [5.74, 6) is -0.511. The van der Waals surface area contributed by atoms with Crippen LogP contribution in [0.1, 0.15) is 15.9 Å². The smallest absolute Gasteiger partial charge is 0.387 e. The lowest BCUT2D eigenvalue weighted by Crippen LogP contribution is -2.10. The Balaban J connectivity index is 2.53. The summed E-state index contributed by atoms with van der Waals surface area (Å²) < 4.78 is 29.4. The molecule has 5 heteroatoms. The third-order valence-corrected chi connectivity index (χ3v) is 2.81. The molecule has 0 radical (unpaired) electrons. The molecule has 0 aromatic heterocycles. The Morgan fingerprint density at radius 1 is 1.20 bits per heavy atom. The van der Waals surface area contributed by atoms with E-state index >= 15 is 0 Å². The van der Waals surface area contributed by atoms with Gasteiger partial charge in [-0.2, -0.15) is 8.78 Å². The van der Waals surface area contributed by atoms with Crippen LogP contribution >= 0.6 is 0 Å². The van der Waals surface area contributed by atoms with Crippen molar-refractivity contribution >= 4 is 5.91 Å². The van der Waals surface area contributed by atoms with Gasteiger partial charge < -0.3 is 10.5 Å². The lowest BCUT2D eigenvalue weighted by Gasteiger charge is -2.12. The topological polar surface area (TPSA) is 52.3 Å². The van der Waals surface area contributed by atoms with E-state index in [0.717, 1.165) is 5.56 Å². The number of hydrogen-bond donors (Lipinski definition) is 1. The highest BCUT2D eigenvalue weighted by molar-refractivity contribution is 5.94. The van der Waals surface area contributed by atoms with E-state index in [0.29, 0.717) is 16.7 Å². The second kappa shape index (κ2) is 5.69. The van der Waals surface area contributed by atoms with Crippen LogP contribution < -0.4 is 10.5 Å². The molecule has 0 aliphatic carbocycles. The average molecular weight is 277 g/mol. The number of primary amides is 1. The summed E-state index contributed by atoms with van der Waals surface area (Å²) >= 11 is 0. The highest BCUT2D eigenvalue weighted by atomic mass is 19.3. The van der Waals surface area contributed by atoms with E-state index in [-0.39, 0.29) is 5.75 Å². The summed E-state index contributed by atoms with van der Waals surface area (Å²) in [4.78, 5) is 11.2. The van der Waals surface area contributed by atoms with Crippen molar-refractivity contribution in [3.63, 3.8) is 0 Å². The number of amides is 1. The predicted octanol–water partition coefficient (Wildman–Crippen LogP) is 3.36. The molecule has 2 aromatic carbocycles. The minimum absolute atomic E-state index is 0.0622. The van der Waals surface area contributed by atoms with Crippen molar-refractivity contribution in [3.05, 3.63) is 53.6 Å². The van der Waals surface area contributed by atoms with Gasteiger partial charge in [-0.05, 0) is 36.8 Å². The Morgan fingerprint density at radius 3 is 2.60 bits per heavy atom. The molecule has 1 amide bonds. The number of ether oxygens (including phenoxy) is 1. The third-order valence-electron chi connectivity index (χ3n) is 2.81. The number of carbonyl (C=O) groups is 1. The maximum Gasteiger partial charge on any atom is 0.387 e. The zero-order chi connectivity index (χ0) is 14.7.